The average Bonchev–Trinajstić information content (AvgIpc) is 2.82. The molecule has 0 aromatic heterocycles. The summed E-state index contributed by atoms with van der Waals surface area (Å²) in [5.74, 6) is 0.482. The summed E-state index contributed by atoms with van der Waals surface area (Å²) in [5, 5.41) is 5.65. The van der Waals surface area contributed by atoms with Gasteiger partial charge in [0.2, 0.25) is 5.91 Å². The van der Waals surface area contributed by atoms with Crippen LogP contribution in [0.15, 0.2) is 54.6 Å². The van der Waals surface area contributed by atoms with E-state index in [9.17, 15) is 9.59 Å². The number of morpholine rings is 1. The molecule has 2 N–H and O–H groups in total. The molecule has 8 heteroatoms. The minimum absolute atomic E-state index is 0.279. The Morgan fingerprint density at radius 2 is 1.74 bits per heavy atom. The lowest BCUT2D eigenvalue weighted by Crippen LogP contribution is -2.49. The van der Waals surface area contributed by atoms with Crippen molar-refractivity contribution in [2.45, 2.75) is 45.4 Å². The number of hydrogen-bond acceptors (Lipinski definition) is 6. The maximum atomic E-state index is 13.0. The van der Waals surface area contributed by atoms with Gasteiger partial charge in [-0.15, -0.1) is 0 Å². The predicted octanol–water partition coefficient (Wildman–Crippen LogP) is 3.15. The number of carbonyl (C=O) groups is 2. The van der Waals surface area contributed by atoms with Crippen molar-refractivity contribution in [3.8, 4) is 5.75 Å². The zero-order valence-corrected chi connectivity index (χ0v) is 20.9. The number of alkyl carbamates (subject to hydrolysis) is 1. The zero-order valence-electron chi connectivity index (χ0n) is 20.9. The molecule has 1 fully saturated rings. The molecule has 35 heavy (non-hydrogen) atoms. The molecule has 1 heterocycles. The average molecular weight is 484 g/mol. The molecule has 1 atom stereocenters. The van der Waals surface area contributed by atoms with Crippen LogP contribution in [0.2, 0.25) is 0 Å². The van der Waals surface area contributed by atoms with Gasteiger partial charge in [-0.25, -0.2) is 4.79 Å². The topological polar surface area (TPSA) is 89.1 Å². The Labute approximate surface area is 207 Å². The van der Waals surface area contributed by atoms with Crippen LogP contribution in [-0.2, 0) is 27.2 Å². The Morgan fingerprint density at radius 1 is 1.03 bits per heavy atom. The van der Waals surface area contributed by atoms with Crippen molar-refractivity contribution in [2.75, 3.05) is 39.5 Å². The minimum atomic E-state index is -0.764. The standard InChI is InChI=1S/C27H37N3O5/c1-27(2,3)35-26(32)29-24(19-21-8-5-4-6-9-21)25(31)28-20-22-10-7-11-23(18-22)34-17-14-30-12-15-33-16-13-30/h4-11,18,24H,12-17,19-20H2,1-3H3,(H,28,31)(H,29,32). The maximum Gasteiger partial charge on any atom is 0.408 e. The molecule has 0 saturated carbocycles. The van der Waals surface area contributed by atoms with Gasteiger partial charge in [-0.2, -0.15) is 0 Å². The number of nitrogens with zero attached hydrogens (tertiary/aromatic N) is 1. The van der Waals surface area contributed by atoms with E-state index in [0.717, 1.165) is 49.7 Å². The van der Waals surface area contributed by atoms with Crippen LogP contribution < -0.4 is 15.4 Å². The van der Waals surface area contributed by atoms with Crippen molar-refractivity contribution in [3.05, 3.63) is 65.7 Å². The minimum Gasteiger partial charge on any atom is -0.492 e. The molecule has 0 bridgehead atoms. The van der Waals surface area contributed by atoms with Gasteiger partial charge in [0.15, 0.2) is 0 Å². The van der Waals surface area contributed by atoms with E-state index in [-0.39, 0.29) is 5.91 Å². The number of amides is 2. The van der Waals surface area contributed by atoms with E-state index in [0.29, 0.717) is 19.6 Å². The Morgan fingerprint density at radius 3 is 2.46 bits per heavy atom. The lowest BCUT2D eigenvalue weighted by Gasteiger charge is -2.26. The summed E-state index contributed by atoms with van der Waals surface area (Å²) in [6.07, 6.45) is -0.263. The van der Waals surface area contributed by atoms with Gasteiger partial charge in [0.1, 0.15) is 24.0 Å². The van der Waals surface area contributed by atoms with Gasteiger partial charge >= 0.3 is 6.09 Å². The van der Waals surface area contributed by atoms with Gasteiger partial charge in [0.25, 0.3) is 0 Å². The Kier molecular flexibility index (Phi) is 9.93. The second-order valence-corrected chi connectivity index (χ2v) is 9.56. The monoisotopic (exact) mass is 483 g/mol. The zero-order chi connectivity index (χ0) is 25.1. The number of nitrogens with one attached hydrogen (secondary N) is 2. The number of hydrogen-bond donors (Lipinski definition) is 2. The van der Waals surface area contributed by atoms with E-state index in [1.807, 2.05) is 54.6 Å². The van der Waals surface area contributed by atoms with Crippen LogP contribution in [0, 0.1) is 0 Å². The number of ether oxygens (including phenoxy) is 3. The largest absolute Gasteiger partial charge is 0.492 e. The summed E-state index contributed by atoms with van der Waals surface area (Å²) in [4.78, 5) is 27.7. The van der Waals surface area contributed by atoms with Crippen LogP contribution in [0.25, 0.3) is 0 Å². The van der Waals surface area contributed by atoms with Gasteiger partial charge in [0, 0.05) is 32.6 Å². The van der Waals surface area contributed by atoms with Crippen molar-refractivity contribution in [3.63, 3.8) is 0 Å². The highest BCUT2D eigenvalue weighted by atomic mass is 16.6. The second-order valence-electron chi connectivity index (χ2n) is 9.56. The molecule has 1 aliphatic rings. The van der Waals surface area contributed by atoms with Crippen LogP contribution in [-0.4, -0.2) is 68.0 Å². The molecule has 2 amide bonds. The first-order valence-electron chi connectivity index (χ1n) is 12.1. The number of rotatable bonds is 10. The first-order chi connectivity index (χ1) is 16.8. The molecule has 2 aromatic rings. The molecule has 0 spiro atoms. The van der Waals surface area contributed by atoms with Gasteiger partial charge in [-0.1, -0.05) is 42.5 Å². The molecule has 8 nitrogen and oxygen atoms in total. The molecule has 1 saturated heterocycles. The molecule has 1 aliphatic heterocycles. The third-order valence-corrected chi connectivity index (χ3v) is 5.44. The molecular weight excluding hydrogens is 446 g/mol. The molecule has 3 rings (SSSR count). The second kappa shape index (κ2) is 13.1. The van der Waals surface area contributed by atoms with E-state index in [1.54, 1.807) is 20.8 Å². The van der Waals surface area contributed by atoms with Gasteiger partial charge in [-0.3, -0.25) is 9.69 Å². The SMILES string of the molecule is CC(C)(C)OC(=O)NC(Cc1ccccc1)C(=O)NCc1cccc(OCCN2CCOCC2)c1. The normalized spacial score (nSPS) is 15.2. The quantitative estimate of drug-likeness (QED) is 0.540. The summed E-state index contributed by atoms with van der Waals surface area (Å²) in [5.41, 5.74) is 1.21. The Hall–Kier alpha value is -3.10. The number of benzene rings is 2. The van der Waals surface area contributed by atoms with Crippen LogP contribution in [0.4, 0.5) is 4.79 Å². The van der Waals surface area contributed by atoms with Crippen LogP contribution in [0.3, 0.4) is 0 Å². The van der Waals surface area contributed by atoms with E-state index in [1.165, 1.54) is 0 Å². The van der Waals surface area contributed by atoms with Crippen molar-refractivity contribution >= 4 is 12.0 Å². The van der Waals surface area contributed by atoms with Crippen LogP contribution in [0.1, 0.15) is 31.9 Å². The summed E-state index contributed by atoms with van der Waals surface area (Å²) in [6.45, 7) is 10.5. The molecular formula is C27H37N3O5. The van der Waals surface area contributed by atoms with E-state index in [2.05, 4.69) is 15.5 Å². The van der Waals surface area contributed by atoms with E-state index < -0.39 is 17.7 Å². The highest BCUT2D eigenvalue weighted by Crippen LogP contribution is 2.14. The molecule has 0 aliphatic carbocycles. The third kappa shape index (κ3) is 9.96. The van der Waals surface area contributed by atoms with Crippen LogP contribution in [0.5, 0.6) is 5.75 Å². The van der Waals surface area contributed by atoms with Crippen molar-refractivity contribution in [1.82, 2.24) is 15.5 Å². The van der Waals surface area contributed by atoms with Gasteiger partial charge < -0.3 is 24.8 Å². The van der Waals surface area contributed by atoms with Crippen molar-refractivity contribution in [2.24, 2.45) is 0 Å². The first kappa shape index (κ1) is 26.5. The summed E-state index contributed by atoms with van der Waals surface area (Å²) >= 11 is 0. The van der Waals surface area contributed by atoms with E-state index in [4.69, 9.17) is 14.2 Å². The maximum absolute atomic E-state index is 13.0. The van der Waals surface area contributed by atoms with E-state index >= 15 is 0 Å². The van der Waals surface area contributed by atoms with Crippen LogP contribution >= 0.6 is 0 Å². The first-order valence-corrected chi connectivity index (χ1v) is 12.1. The number of carbonyl (C=O) groups excluding carboxylic acids is 2. The lowest BCUT2D eigenvalue weighted by atomic mass is 10.1. The fraction of sp³-hybridized carbons (Fsp3) is 0.481. The molecule has 0 radical (unpaired) electrons. The Bertz CT molecular complexity index is 939. The Balaban J connectivity index is 1.54. The fourth-order valence-electron chi connectivity index (χ4n) is 3.68. The van der Waals surface area contributed by atoms with Gasteiger partial charge in [-0.05, 0) is 44.0 Å². The van der Waals surface area contributed by atoms with Gasteiger partial charge in [0.05, 0.1) is 13.2 Å². The molecule has 1 unspecified atom stereocenters. The lowest BCUT2D eigenvalue weighted by molar-refractivity contribution is -0.123. The van der Waals surface area contributed by atoms with Crippen molar-refractivity contribution in [1.29, 1.82) is 0 Å². The smallest absolute Gasteiger partial charge is 0.408 e. The molecule has 2 aromatic carbocycles. The summed E-state index contributed by atoms with van der Waals surface area (Å²) < 4.78 is 16.6. The van der Waals surface area contributed by atoms with Crippen molar-refractivity contribution < 1.29 is 23.8 Å². The summed E-state index contributed by atoms with van der Waals surface area (Å²) in [6, 6.07) is 16.5. The predicted molar refractivity (Wildman–Crippen MR) is 134 cm³/mol. The third-order valence-electron chi connectivity index (χ3n) is 5.44. The highest BCUT2D eigenvalue weighted by Gasteiger charge is 2.24. The molecule has 190 valence electrons. The summed E-state index contributed by atoms with van der Waals surface area (Å²) in [7, 11) is 0. The fourth-order valence-corrected chi connectivity index (χ4v) is 3.68. The highest BCUT2D eigenvalue weighted by molar-refractivity contribution is 5.86.